The summed E-state index contributed by atoms with van der Waals surface area (Å²) in [6.07, 6.45) is 0.861. The number of thiazole rings is 1. The van der Waals surface area contributed by atoms with Crippen LogP contribution in [0.3, 0.4) is 0 Å². The van der Waals surface area contributed by atoms with Gasteiger partial charge in [-0.15, -0.1) is 22.7 Å². The molecule has 0 saturated heterocycles. The van der Waals surface area contributed by atoms with Gasteiger partial charge in [0.15, 0.2) is 0 Å². The fourth-order valence-electron chi connectivity index (χ4n) is 1.19. The zero-order chi connectivity index (χ0) is 9.97. The minimum atomic E-state index is 0.0202. The highest BCUT2D eigenvalue weighted by molar-refractivity contribution is 9.10. The third kappa shape index (κ3) is 2.42. The van der Waals surface area contributed by atoms with Gasteiger partial charge >= 0.3 is 0 Å². The quantitative estimate of drug-likeness (QED) is 0.942. The van der Waals surface area contributed by atoms with Crippen LogP contribution in [0.2, 0.25) is 0 Å². The summed E-state index contributed by atoms with van der Waals surface area (Å²) in [7, 11) is 0. The number of nitrogens with zero attached hydrogens (tertiary/aromatic N) is 1. The largest absolute Gasteiger partial charge is 0.322 e. The summed E-state index contributed by atoms with van der Waals surface area (Å²) in [5.74, 6) is 0. The Labute approximate surface area is 98.9 Å². The van der Waals surface area contributed by atoms with Crippen molar-refractivity contribution in [2.45, 2.75) is 12.5 Å². The molecule has 0 aliphatic rings. The molecule has 74 valence electrons. The molecule has 0 radical (unpaired) electrons. The Bertz CT molecular complexity index is 397. The van der Waals surface area contributed by atoms with Gasteiger partial charge < -0.3 is 5.73 Å². The first-order chi connectivity index (χ1) is 6.75. The van der Waals surface area contributed by atoms with E-state index in [1.807, 2.05) is 10.9 Å². The van der Waals surface area contributed by atoms with Gasteiger partial charge in [0.1, 0.15) is 0 Å². The smallest absolute Gasteiger partial charge is 0.0795 e. The molecule has 0 bridgehead atoms. The molecule has 2 aromatic heterocycles. The van der Waals surface area contributed by atoms with Crippen LogP contribution in [0.15, 0.2) is 26.8 Å². The van der Waals surface area contributed by atoms with Crippen LogP contribution >= 0.6 is 38.6 Å². The van der Waals surface area contributed by atoms with Crippen molar-refractivity contribution in [2.24, 2.45) is 5.73 Å². The average Bonchev–Trinajstić information content (AvgIpc) is 2.75. The molecular weight excluding hydrogens is 280 g/mol. The van der Waals surface area contributed by atoms with Crippen molar-refractivity contribution in [3.8, 4) is 0 Å². The molecule has 0 amide bonds. The Morgan fingerprint density at radius 1 is 1.50 bits per heavy atom. The van der Waals surface area contributed by atoms with Gasteiger partial charge in [-0.25, -0.2) is 4.98 Å². The fraction of sp³-hybridized carbons (Fsp3) is 0.222. The molecule has 0 spiro atoms. The van der Waals surface area contributed by atoms with Crippen LogP contribution < -0.4 is 5.73 Å². The van der Waals surface area contributed by atoms with E-state index in [9.17, 15) is 0 Å². The van der Waals surface area contributed by atoms with Crippen LogP contribution in [0.1, 0.15) is 16.6 Å². The highest BCUT2D eigenvalue weighted by atomic mass is 79.9. The van der Waals surface area contributed by atoms with Gasteiger partial charge in [-0.3, -0.25) is 0 Å². The van der Waals surface area contributed by atoms with Crippen molar-refractivity contribution >= 4 is 38.6 Å². The molecule has 2 heterocycles. The Kier molecular flexibility index (Phi) is 3.33. The molecule has 2 nitrogen and oxygen atoms in total. The van der Waals surface area contributed by atoms with E-state index in [4.69, 9.17) is 5.73 Å². The molecule has 14 heavy (non-hydrogen) atoms. The second-order valence-electron chi connectivity index (χ2n) is 2.96. The Morgan fingerprint density at radius 3 is 2.93 bits per heavy atom. The molecule has 2 N–H and O–H groups in total. The molecule has 0 aromatic carbocycles. The van der Waals surface area contributed by atoms with Gasteiger partial charge in [0.25, 0.3) is 0 Å². The predicted molar refractivity (Wildman–Crippen MR) is 64.8 cm³/mol. The highest BCUT2D eigenvalue weighted by Crippen LogP contribution is 2.24. The third-order valence-electron chi connectivity index (χ3n) is 1.87. The number of aromatic nitrogens is 1. The lowest BCUT2D eigenvalue weighted by atomic mass is 10.1. The maximum Gasteiger partial charge on any atom is 0.0795 e. The number of nitrogens with two attached hydrogens (primary N) is 1. The monoisotopic (exact) mass is 288 g/mol. The van der Waals surface area contributed by atoms with Gasteiger partial charge in [-0.2, -0.15) is 0 Å². The van der Waals surface area contributed by atoms with Crippen LogP contribution in [0, 0.1) is 0 Å². The van der Waals surface area contributed by atoms with E-state index in [2.05, 4.69) is 32.4 Å². The molecule has 5 heteroatoms. The van der Waals surface area contributed by atoms with Crippen LogP contribution in [0.25, 0.3) is 0 Å². The van der Waals surface area contributed by atoms with Crippen molar-refractivity contribution in [3.05, 3.63) is 37.4 Å². The van der Waals surface area contributed by atoms with E-state index in [-0.39, 0.29) is 6.04 Å². The van der Waals surface area contributed by atoms with Crippen molar-refractivity contribution in [2.75, 3.05) is 0 Å². The van der Waals surface area contributed by atoms with Crippen molar-refractivity contribution < 1.29 is 0 Å². The number of rotatable bonds is 3. The molecule has 0 fully saturated rings. The van der Waals surface area contributed by atoms with Crippen molar-refractivity contribution in [1.82, 2.24) is 4.98 Å². The number of hydrogen-bond donors (Lipinski definition) is 1. The molecule has 2 aromatic rings. The molecule has 0 aliphatic carbocycles. The summed E-state index contributed by atoms with van der Waals surface area (Å²) in [6, 6.07) is 2.13. The van der Waals surface area contributed by atoms with E-state index in [0.717, 1.165) is 16.6 Å². The lowest BCUT2D eigenvalue weighted by Crippen LogP contribution is -2.12. The summed E-state index contributed by atoms with van der Waals surface area (Å²) in [6.45, 7) is 0. The van der Waals surface area contributed by atoms with E-state index in [1.165, 1.54) is 4.88 Å². The fourth-order valence-corrected chi connectivity index (χ4v) is 3.32. The van der Waals surface area contributed by atoms with Crippen LogP contribution in [0.4, 0.5) is 0 Å². The summed E-state index contributed by atoms with van der Waals surface area (Å²) >= 11 is 6.74. The minimum Gasteiger partial charge on any atom is -0.322 e. The zero-order valence-electron chi connectivity index (χ0n) is 7.31. The van der Waals surface area contributed by atoms with Crippen LogP contribution in [-0.4, -0.2) is 4.98 Å². The SMILES string of the molecule is NC(Cc1cc(Br)cs1)c1cscn1. The third-order valence-corrected chi connectivity index (χ3v) is 4.20. The van der Waals surface area contributed by atoms with Gasteiger partial charge in [-0.1, -0.05) is 0 Å². The summed E-state index contributed by atoms with van der Waals surface area (Å²) in [4.78, 5) is 5.49. The number of hydrogen-bond acceptors (Lipinski definition) is 4. The second kappa shape index (κ2) is 4.53. The number of thiophene rings is 1. The number of halogens is 1. The van der Waals surface area contributed by atoms with E-state index in [0.29, 0.717) is 0 Å². The minimum absolute atomic E-state index is 0.0202. The predicted octanol–water partition coefficient (Wildman–Crippen LogP) is 3.21. The lowest BCUT2D eigenvalue weighted by molar-refractivity contribution is 0.709. The topological polar surface area (TPSA) is 38.9 Å². The summed E-state index contributed by atoms with van der Waals surface area (Å²) in [5, 5.41) is 4.08. The molecule has 1 atom stereocenters. The standard InChI is InChI=1S/C9H9BrN2S2/c10-6-1-7(14-3-6)2-8(11)9-4-13-5-12-9/h1,3-5,8H,2,11H2. The average molecular weight is 289 g/mol. The Hall–Kier alpha value is -0.230. The molecule has 0 saturated carbocycles. The van der Waals surface area contributed by atoms with Crippen LogP contribution in [0.5, 0.6) is 0 Å². The lowest BCUT2D eigenvalue weighted by Gasteiger charge is -2.05. The van der Waals surface area contributed by atoms with E-state index >= 15 is 0 Å². The first kappa shape index (κ1) is 10.3. The molecular formula is C9H9BrN2S2. The Morgan fingerprint density at radius 2 is 2.36 bits per heavy atom. The van der Waals surface area contributed by atoms with E-state index in [1.54, 1.807) is 22.7 Å². The molecule has 1 unspecified atom stereocenters. The maximum absolute atomic E-state index is 6.02. The Balaban J connectivity index is 2.05. The molecule has 0 aliphatic heterocycles. The summed E-state index contributed by atoms with van der Waals surface area (Å²) < 4.78 is 1.13. The van der Waals surface area contributed by atoms with Crippen LogP contribution in [-0.2, 0) is 6.42 Å². The highest BCUT2D eigenvalue weighted by Gasteiger charge is 2.09. The second-order valence-corrected chi connectivity index (χ2v) is 5.59. The van der Waals surface area contributed by atoms with Crippen molar-refractivity contribution in [3.63, 3.8) is 0 Å². The maximum atomic E-state index is 6.02. The van der Waals surface area contributed by atoms with Gasteiger partial charge in [0.2, 0.25) is 0 Å². The van der Waals surface area contributed by atoms with Gasteiger partial charge in [0.05, 0.1) is 17.2 Å². The van der Waals surface area contributed by atoms with Gasteiger partial charge in [0, 0.05) is 26.5 Å². The first-order valence-corrected chi connectivity index (χ1v) is 6.74. The summed E-state index contributed by atoms with van der Waals surface area (Å²) in [5.41, 5.74) is 8.82. The zero-order valence-corrected chi connectivity index (χ0v) is 10.5. The van der Waals surface area contributed by atoms with Crippen molar-refractivity contribution in [1.29, 1.82) is 0 Å². The van der Waals surface area contributed by atoms with E-state index < -0.39 is 0 Å². The van der Waals surface area contributed by atoms with Gasteiger partial charge in [-0.05, 0) is 22.0 Å². The molecule has 2 rings (SSSR count). The normalized spacial score (nSPS) is 13.0. The first-order valence-electron chi connectivity index (χ1n) is 4.12.